The highest BCUT2D eigenvalue weighted by atomic mass is 16.5. The van der Waals surface area contributed by atoms with Crippen LogP contribution in [-0.4, -0.2) is 24.4 Å². The van der Waals surface area contributed by atoms with Gasteiger partial charge in [0.05, 0.1) is 12.7 Å². The summed E-state index contributed by atoms with van der Waals surface area (Å²) in [7, 11) is 0. The maximum Gasteiger partial charge on any atom is 0.0610 e. The zero-order valence-electron chi connectivity index (χ0n) is 8.99. The molecule has 1 fully saturated rings. The van der Waals surface area contributed by atoms with Gasteiger partial charge in [-0.05, 0) is 24.7 Å². The van der Waals surface area contributed by atoms with E-state index in [0.29, 0.717) is 12.5 Å². The summed E-state index contributed by atoms with van der Waals surface area (Å²) < 4.78 is 5.53. The first-order valence-electron chi connectivity index (χ1n) is 5.37. The molecule has 2 atom stereocenters. The van der Waals surface area contributed by atoms with E-state index < -0.39 is 0 Å². The lowest BCUT2D eigenvalue weighted by atomic mass is 9.96. The maximum atomic E-state index is 9.70. The Bertz CT molecular complexity index is 141. The highest BCUT2D eigenvalue weighted by Gasteiger charge is 2.23. The van der Waals surface area contributed by atoms with Gasteiger partial charge < -0.3 is 9.84 Å². The van der Waals surface area contributed by atoms with Gasteiger partial charge in [0.1, 0.15) is 0 Å². The van der Waals surface area contributed by atoms with E-state index in [-0.39, 0.29) is 12.0 Å². The minimum atomic E-state index is -0.223. The van der Waals surface area contributed by atoms with E-state index in [1.165, 1.54) is 12.8 Å². The molecule has 13 heavy (non-hydrogen) atoms. The van der Waals surface area contributed by atoms with E-state index in [2.05, 4.69) is 6.92 Å². The summed E-state index contributed by atoms with van der Waals surface area (Å²) in [4.78, 5) is 0. The van der Waals surface area contributed by atoms with Crippen LogP contribution >= 0.6 is 0 Å². The van der Waals surface area contributed by atoms with Crippen molar-refractivity contribution in [1.82, 2.24) is 0 Å². The summed E-state index contributed by atoms with van der Waals surface area (Å²) in [6, 6.07) is 0. The number of ether oxygens (including phenoxy) is 1. The maximum absolute atomic E-state index is 9.70. The minimum Gasteiger partial charge on any atom is -0.392 e. The normalized spacial score (nSPS) is 21.9. The molecular weight excluding hydrogens is 164 g/mol. The van der Waals surface area contributed by atoms with Crippen LogP contribution < -0.4 is 0 Å². The van der Waals surface area contributed by atoms with E-state index >= 15 is 0 Å². The van der Waals surface area contributed by atoms with E-state index in [1.54, 1.807) is 0 Å². The van der Waals surface area contributed by atoms with Crippen molar-refractivity contribution in [1.29, 1.82) is 0 Å². The first kappa shape index (κ1) is 11.0. The molecule has 0 heterocycles. The van der Waals surface area contributed by atoms with Crippen LogP contribution in [0.25, 0.3) is 0 Å². The number of aliphatic hydroxyl groups excluding tert-OH is 1. The Morgan fingerprint density at radius 2 is 1.92 bits per heavy atom. The van der Waals surface area contributed by atoms with E-state index in [4.69, 9.17) is 4.74 Å². The second-order valence-corrected chi connectivity index (χ2v) is 4.69. The monoisotopic (exact) mass is 186 g/mol. The molecule has 78 valence electrons. The van der Waals surface area contributed by atoms with Crippen LogP contribution in [0.1, 0.15) is 33.6 Å². The zero-order valence-corrected chi connectivity index (χ0v) is 8.99. The predicted molar refractivity (Wildman–Crippen MR) is 53.6 cm³/mol. The molecule has 0 aliphatic heterocycles. The Kier molecular flexibility index (Phi) is 4.20. The fourth-order valence-corrected chi connectivity index (χ4v) is 1.46. The lowest BCUT2D eigenvalue weighted by Crippen LogP contribution is -2.27. The highest BCUT2D eigenvalue weighted by Crippen LogP contribution is 2.29. The fourth-order valence-electron chi connectivity index (χ4n) is 1.46. The Morgan fingerprint density at radius 1 is 1.31 bits per heavy atom. The van der Waals surface area contributed by atoms with Crippen LogP contribution in [0.4, 0.5) is 0 Å². The summed E-state index contributed by atoms with van der Waals surface area (Å²) in [6.07, 6.45) is 2.45. The van der Waals surface area contributed by atoms with E-state index in [9.17, 15) is 5.11 Å². The molecule has 0 aromatic rings. The zero-order chi connectivity index (χ0) is 9.84. The van der Waals surface area contributed by atoms with Crippen molar-refractivity contribution in [3.05, 3.63) is 0 Å². The molecule has 0 amide bonds. The molecule has 0 saturated heterocycles. The lowest BCUT2D eigenvalue weighted by Gasteiger charge is -2.21. The van der Waals surface area contributed by atoms with Gasteiger partial charge in [-0.2, -0.15) is 0 Å². The van der Waals surface area contributed by atoms with Gasteiger partial charge in [-0.15, -0.1) is 0 Å². The molecule has 0 aromatic carbocycles. The smallest absolute Gasteiger partial charge is 0.0610 e. The molecular formula is C11H22O2. The quantitative estimate of drug-likeness (QED) is 0.688. The molecule has 2 unspecified atom stereocenters. The van der Waals surface area contributed by atoms with Crippen LogP contribution in [0.2, 0.25) is 0 Å². The number of aliphatic hydroxyl groups is 1. The van der Waals surface area contributed by atoms with Gasteiger partial charge in [-0.25, -0.2) is 0 Å². The summed E-state index contributed by atoms with van der Waals surface area (Å²) in [5.41, 5.74) is 0. The fraction of sp³-hybridized carbons (Fsp3) is 1.00. The van der Waals surface area contributed by atoms with Gasteiger partial charge in [0, 0.05) is 12.5 Å². The van der Waals surface area contributed by atoms with Crippen LogP contribution in [0.3, 0.4) is 0 Å². The van der Waals surface area contributed by atoms with Crippen molar-refractivity contribution in [2.24, 2.45) is 17.8 Å². The number of hydrogen-bond donors (Lipinski definition) is 1. The number of hydrogen-bond acceptors (Lipinski definition) is 2. The average Bonchev–Trinajstić information content (AvgIpc) is 2.86. The molecule has 0 spiro atoms. The minimum absolute atomic E-state index is 0.223. The third-order valence-corrected chi connectivity index (χ3v) is 2.70. The molecule has 0 aromatic heterocycles. The second-order valence-electron chi connectivity index (χ2n) is 4.69. The van der Waals surface area contributed by atoms with Crippen LogP contribution in [-0.2, 0) is 4.74 Å². The molecule has 2 heteroatoms. The van der Waals surface area contributed by atoms with Crippen molar-refractivity contribution in [3.8, 4) is 0 Å². The molecule has 1 N–H and O–H groups in total. The molecule has 1 aliphatic carbocycles. The van der Waals surface area contributed by atoms with Gasteiger partial charge in [-0.1, -0.05) is 20.8 Å². The molecule has 0 radical (unpaired) electrons. The Balaban J connectivity index is 2.04. The van der Waals surface area contributed by atoms with Crippen molar-refractivity contribution >= 4 is 0 Å². The Labute approximate surface area is 81.3 Å². The van der Waals surface area contributed by atoms with Gasteiger partial charge in [0.25, 0.3) is 0 Å². The second kappa shape index (κ2) is 4.97. The van der Waals surface area contributed by atoms with Crippen LogP contribution in [0.15, 0.2) is 0 Å². The number of rotatable bonds is 6. The van der Waals surface area contributed by atoms with Crippen molar-refractivity contribution in [2.45, 2.75) is 39.7 Å². The largest absolute Gasteiger partial charge is 0.392 e. The van der Waals surface area contributed by atoms with Gasteiger partial charge in [0.2, 0.25) is 0 Å². The molecule has 1 rings (SSSR count). The third kappa shape index (κ3) is 4.10. The molecule has 1 saturated carbocycles. The van der Waals surface area contributed by atoms with Crippen LogP contribution in [0, 0.1) is 17.8 Å². The highest BCUT2D eigenvalue weighted by molar-refractivity contribution is 4.73. The summed E-state index contributed by atoms with van der Waals surface area (Å²) in [6.45, 7) is 7.74. The first-order valence-corrected chi connectivity index (χ1v) is 5.37. The van der Waals surface area contributed by atoms with E-state index in [1.807, 2.05) is 13.8 Å². The van der Waals surface area contributed by atoms with Gasteiger partial charge >= 0.3 is 0 Å². The first-order chi connectivity index (χ1) is 6.11. The summed E-state index contributed by atoms with van der Waals surface area (Å²) in [5, 5.41) is 9.70. The topological polar surface area (TPSA) is 29.5 Å². The van der Waals surface area contributed by atoms with Crippen LogP contribution in [0.5, 0.6) is 0 Å². The lowest BCUT2D eigenvalue weighted by molar-refractivity contribution is 0.0105. The summed E-state index contributed by atoms with van der Waals surface area (Å²) >= 11 is 0. The van der Waals surface area contributed by atoms with Crippen molar-refractivity contribution < 1.29 is 9.84 Å². The van der Waals surface area contributed by atoms with Crippen molar-refractivity contribution in [2.75, 3.05) is 13.2 Å². The van der Waals surface area contributed by atoms with Crippen molar-refractivity contribution in [3.63, 3.8) is 0 Å². The molecule has 0 bridgehead atoms. The van der Waals surface area contributed by atoms with Gasteiger partial charge in [-0.3, -0.25) is 0 Å². The summed E-state index contributed by atoms with van der Waals surface area (Å²) in [5.74, 6) is 1.42. The van der Waals surface area contributed by atoms with E-state index in [0.717, 1.165) is 12.5 Å². The average molecular weight is 186 g/mol. The standard InChI is InChI=1S/C11H22O2/c1-8(2)11(12)9(3)6-13-7-10-4-5-10/h8-12H,4-7H2,1-3H3. The third-order valence-electron chi connectivity index (χ3n) is 2.70. The SMILES string of the molecule is CC(C)C(O)C(C)COCC1CC1. The predicted octanol–water partition coefficient (Wildman–Crippen LogP) is 2.07. The Morgan fingerprint density at radius 3 is 2.38 bits per heavy atom. The molecule has 2 nitrogen and oxygen atoms in total. The molecule has 1 aliphatic rings. The van der Waals surface area contributed by atoms with Gasteiger partial charge in [0.15, 0.2) is 0 Å². The Hall–Kier alpha value is -0.0800.